The minimum Gasteiger partial charge on any atom is -0.479 e. The van der Waals surface area contributed by atoms with Crippen LogP contribution in [0.4, 0.5) is 0 Å². The maximum absolute atomic E-state index is 12.8. The van der Waals surface area contributed by atoms with Gasteiger partial charge in [-0.3, -0.25) is 4.79 Å². The van der Waals surface area contributed by atoms with Gasteiger partial charge in [0.1, 0.15) is 0 Å². The van der Waals surface area contributed by atoms with Crippen molar-refractivity contribution in [2.75, 3.05) is 6.54 Å². The second-order valence-electron chi connectivity index (χ2n) is 6.24. The van der Waals surface area contributed by atoms with Crippen LogP contribution >= 0.6 is 0 Å². The quantitative estimate of drug-likeness (QED) is 0.926. The third-order valence-electron chi connectivity index (χ3n) is 4.12. The van der Waals surface area contributed by atoms with Gasteiger partial charge in [0.25, 0.3) is 5.91 Å². The van der Waals surface area contributed by atoms with E-state index in [1.54, 1.807) is 24.3 Å². The number of hydrogen-bond donors (Lipinski definition) is 1. The van der Waals surface area contributed by atoms with Gasteiger partial charge >= 0.3 is 5.97 Å². The van der Waals surface area contributed by atoms with Crippen molar-refractivity contribution in [1.82, 2.24) is 9.88 Å². The van der Waals surface area contributed by atoms with Crippen molar-refractivity contribution < 1.29 is 19.4 Å². The van der Waals surface area contributed by atoms with Crippen LogP contribution < -0.4 is 4.74 Å². The molecule has 3 rings (SSSR count). The zero-order valence-corrected chi connectivity index (χ0v) is 14.2. The van der Waals surface area contributed by atoms with Crippen molar-refractivity contribution in [3.05, 3.63) is 59.3 Å². The van der Waals surface area contributed by atoms with Crippen molar-refractivity contribution in [2.45, 2.75) is 32.4 Å². The summed E-state index contributed by atoms with van der Waals surface area (Å²) in [6, 6.07) is 9.62. The lowest BCUT2D eigenvalue weighted by molar-refractivity contribution is -0.143. The Morgan fingerprint density at radius 3 is 2.64 bits per heavy atom. The van der Waals surface area contributed by atoms with Gasteiger partial charge < -0.3 is 14.7 Å². The Kier molecular flexibility index (Phi) is 4.70. The van der Waals surface area contributed by atoms with Crippen molar-refractivity contribution in [2.24, 2.45) is 0 Å². The van der Waals surface area contributed by atoms with Crippen LogP contribution in [0.25, 0.3) is 0 Å². The zero-order valence-electron chi connectivity index (χ0n) is 14.2. The van der Waals surface area contributed by atoms with Crippen LogP contribution in [0.2, 0.25) is 0 Å². The predicted octanol–water partition coefficient (Wildman–Crippen LogP) is 2.69. The van der Waals surface area contributed by atoms with E-state index in [0.29, 0.717) is 30.0 Å². The van der Waals surface area contributed by atoms with Crippen molar-refractivity contribution in [3.63, 3.8) is 0 Å². The average molecular weight is 340 g/mol. The second-order valence-corrected chi connectivity index (χ2v) is 6.24. The summed E-state index contributed by atoms with van der Waals surface area (Å²) in [7, 11) is 0. The topological polar surface area (TPSA) is 79.7 Å². The summed E-state index contributed by atoms with van der Waals surface area (Å²) in [5.41, 5.74) is 1.99. The maximum Gasteiger partial charge on any atom is 0.331 e. The van der Waals surface area contributed by atoms with Crippen LogP contribution in [-0.2, 0) is 11.2 Å². The molecule has 1 atom stereocenters. The van der Waals surface area contributed by atoms with E-state index < -0.39 is 12.0 Å². The fourth-order valence-electron chi connectivity index (χ4n) is 3.04. The number of ether oxygens (including phenoxy) is 1. The first-order chi connectivity index (χ1) is 12.0. The van der Waals surface area contributed by atoms with Crippen molar-refractivity contribution >= 4 is 11.9 Å². The van der Waals surface area contributed by atoms with E-state index in [1.807, 2.05) is 26.0 Å². The highest BCUT2D eigenvalue weighted by Gasteiger charge is 2.36. The highest BCUT2D eigenvalue weighted by atomic mass is 16.5. The van der Waals surface area contributed by atoms with Gasteiger partial charge in [-0.25, -0.2) is 9.78 Å². The predicted molar refractivity (Wildman–Crippen MR) is 91.6 cm³/mol. The van der Waals surface area contributed by atoms with Crippen LogP contribution in [0.3, 0.4) is 0 Å². The summed E-state index contributed by atoms with van der Waals surface area (Å²) in [6.45, 7) is 4.14. The molecule has 2 aromatic rings. The summed E-state index contributed by atoms with van der Waals surface area (Å²) in [5.74, 6) is -0.941. The molecule has 0 saturated heterocycles. The number of pyridine rings is 1. The number of aromatic nitrogens is 1. The van der Waals surface area contributed by atoms with Gasteiger partial charge in [-0.2, -0.15) is 0 Å². The number of nitrogens with zero attached hydrogens (tertiary/aromatic N) is 2. The summed E-state index contributed by atoms with van der Waals surface area (Å²) < 4.78 is 5.47. The molecule has 1 aromatic heterocycles. The van der Waals surface area contributed by atoms with E-state index in [-0.39, 0.29) is 12.0 Å². The minimum absolute atomic E-state index is 0.0101. The fourth-order valence-corrected chi connectivity index (χ4v) is 3.04. The third kappa shape index (κ3) is 3.47. The Bertz CT molecular complexity index is 786. The highest BCUT2D eigenvalue weighted by Crippen LogP contribution is 2.31. The van der Waals surface area contributed by atoms with E-state index >= 15 is 0 Å². The normalized spacial score (nSPS) is 16.4. The summed E-state index contributed by atoms with van der Waals surface area (Å²) in [5, 5.41) is 9.66. The molecule has 6 heteroatoms. The molecule has 0 bridgehead atoms. The summed E-state index contributed by atoms with van der Waals surface area (Å²) >= 11 is 0. The molecule has 0 aliphatic carbocycles. The Morgan fingerprint density at radius 2 is 2.00 bits per heavy atom. The van der Waals surface area contributed by atoms with Gasteiger partial charge in [0, 0.05) is 18.8 Å². The van der Waals surface area contributed by atoms with E-state index in [4.69, 9.17) is 4.74 Å². The van der Waals surface area contributed by atoms with Gasteiger partial charge in [0.2, 0.25) is 5.88 Å². The molecule has 1 aliphatic heterocycles. The Balaban J connectivity index is 1.87. The second kappa shape index (κ2) is 6.93. The largest absolute Gasteiger partial charge is 0.479 e. The molecule has 1 aromatic carbocycles. The number of carbonyl (C=O) groups excluding carboxylic acids is 1. The fraction of sp³-hybridized carbons (Fsp3) is 0.316. The molecule has 0 saturated carbocycles. The van der Waals surface area contributed by atoms with Gasteiger partial charge in [0.15, 0.2) is 6.04 Å². The lowest BCUT2D eigenvalue weighted by atomic mass is 9.92. The first kappa shape index (κ1) is 17.0. The number of rotatable bonds is 4. The number of hydrogen-bond acceptors (Lipinski definition) is 4. The van der Waals surface area contributed by atoms with Crippen LogP contribution in [0.1, 0.15) is 41.4 Å². The molecule has 0 unspecified atom stereocenters. The first-order valence-electron chi connectivity index (χ1n) is 8.21. The smallest absolute Gasteiger partial charge is 0.331 e. The van der Waals surface area contributed by atoms with Crippen LogP contribution in [0.5, 0.6) is 5.88 Å². The molecule has 25 heavy (non-hydrogen) atoms. The van der Waals surface area contributed by atoms with E-state index in [9.17, 15) is 14.7 Å². The zero-order chi connectivity index (χ0) is 18.0. The molecule has 6 nitrogen and oxygen atoms in total. The van der Waals surface area contributed by atoms with Crippen molar-refractivity contribution in [1.29, 1.82) is 0 Å². The van der Waals surface area contributed by atoms with Crippen LogP contribution in [0.15, 0.2) is 42.6 Å². The first-order valence-corrected chi connectivity index (χ1v) is 8.21. The van der Waals surface area contributed by atoms with Crippen LogP contribution in [-0.4, -0.2) is 39.5 Å². The molecule has 0 radical (unpaired) electrons. The lowest BCUT2D eigenvalue weighted by Crippen LogP contribution is -2.43. The van der Waals surface area contributed by atoms with Gasteiger partial charge in [-0.05, 0) is 37.5 Å². The molecular weight excluding hydrogens is 320 g/mol. The number of benzene rings is 1. The molecule has 1 aliphatic rings. The number of aliphatic carboxylic acids is 1. The standard InChI is InChI=1S/C19H20N2O4/c1-12(2)25-16-8-7-14(11-20-16)18(22)21-10-9-13-5-3-4-6-15(13)17(21)19(23)24/h3-8,11-12,17H,9-10H2,1-2H3,(H,23,24)/t17-/m1/s1. The number of carbonyl (C=O) groups is 2. The molecule has 1 amide bonds. The number of carboxylic acid groups (broad SMARTS) is 1. The number of carboxylic acids is 1. The summed E-state index contributed by atoms with van der Waals surface area (Å²) in [4.78, 5) is 30.2. The Hall–Kier alpha value is -2.89. The molecule has 130 valence electrons. The molecule has 0 fully saturated rings. The number of amides is 1. The molecule has 2 heterocycles. The lowest BCUT2D eigenvalue weighted by Gasteiger charge is -2.34. The van der Waals surface area contributed by atoms with Crippen LogP contribution in [0, 0.1) is 0 Å². The van der Waals surface area contributed by atoms with E-state index in [2.05, 4.69) is 4.98 Å². The monoisotopic (exact) mass is 340 g/mol. The Morgan fingerprint density at radius 1 is 1.24 bits per heavy atom. The molecule has 0 spiro atoms. The summed E-state index contributed by atoms with van der Waals surface area (Å²) in [6.07, 6.45) is 2.05. The molecular formula is C19H20N2O4. The molecule has 1 N–H and O–H groups in total. The third-order valence-corrected chi connectivity index (χ3v) is 4.12. The maximum atomic E-state index is 12.8. The average Bonchev–Trinajstić information content (AvgIpc) is 2.60. The minimum atomic E-state index is -1.03. The van der Waals surface area contributed by atoms with Crippen molar-refractivity contribution in [3.8, 4) is 5.88 Å². The Labute approximate surface area is 146 Å². The SMILES string of the molecule is CC(C)Oc1ccc(C(=O)N2CCc3ccccc3[C@@H]2C(=O)O)cn1. The van der Waals surface area contributed by atoms with E-state index in [0.717, 1.165) is 5.56 Å². The van der Waals surface area contributed by atoms with E-state index in [1.165, 1.54) is 11.1 Å². The number of fused-ring (bicyclic) bond motifs is 1. The van der Waals surface area contributed by atoms with Gasteiger partial charge in [-0.15, -0.1) is 0 Å². The van der Waals surface area contributed by atoms with Gasteiger partial charge in [0.05, 0.1) is 11.7 Å². The van der Waals surface area contributed by atoms with Gasteiger partial charge in [-0.1, -0.05) is 24.3 Å². The highest BCUT2D eigenvalue weighted by molar-refractivity contribution is 5.97.